The molecule has 1 unspecified atom stereocenters. The maximum absolute atomic E-state index is 12.6. The predicted octanol–water partition coefficient (Wildman–Crippen LogP) is 2.99. The molecule has 1 saturated heterocycles. The van der Waals surface area contributed by atoms with Gasteiger partial charge in [-0.3, -0.25) is 19.8 Å². The molecule has 0 aliphatic carbocycles. The van der Waals surface area contributed by atoms with Crippen LogP contribution >= 0.6 is 11.6 Å². The fourth-order valence-electron chi connectivity index (χ4n) is 2.75. The Morgan fingerprint density at radius 1 is 1.25 bits per heavy atom. The highest BCUT2D eigenvalue weighted by atomic mass is 35.5. The molecular formula is C18H25ClN4O5. The highest BCUT2D eigenvalue weighted by Crippen LogP contribution is 2.27. The second kappa shape index (κ2) is 9.70. The first-order valence-corrected chi connectivity index (χ1v) is 9.47. The number of nitrogens with one attached hydrogen (secondary N) is 1. The van der Waals surface area contributed by atoms with Gasteiger partial charge in [-0.05, 0) is 18.9 Å². The number of halogens is 1. The van der Waals surface area contributed by atoms with Crippen molar-refractivity contribution >= 4 is 35.0 Å². The second-order valence-corrected chi connectivity index (χ2v) is 7.49. The molecular weight excluding hydrogens is 388 g/mol. The number of rotatable bonds is 6. The van der Waals surface area contributed by atoms with Crippen LogP contribution in [0.5, 0.6) is 0 Å². The van der Waals surface area contributed by atoms with E-state index in [9.17, 15) is 19.7 Å². The van der Waals surface area contributed by atoms with Gasteiger partial charge in [0.15, 0.2) is 0 Å². The van der Waals surface area contributed by atoms with Gasteiger partial charge in [-0.25, -0.2) is 4.79 Å². The molecule has 9 nitrogen and oxygen atoms in total. The smallest absolute Gasteiger partial charge is 0.409 e. The van der Waals surface area contributed by atoms with E-state index in [0.717, 1.165) is 0 Å². The highest BCUT2D eigenvalue weighted by molar-refractivity contribution is 6.33. The number of nitrogens with zero attached hydrogens (tertiary/aromatic N) is 3. The van der Waals surface area contributed by atoms with Gasteiger partial charge in [0, 0.05) is 38.3 Å². The SMILES string of the molecule is CC(C)COC(=O)N1CCN(C(C)C(=O)Nc2cc([N+](=O)[O-])ccc2Cl)CC1. The zero-order valence-corrected chi connectivity index (χ0v) is 16.9. The topological polar surface area (TPSA) is 105 Å². The summed E-state index contributed by atoms with van der Waals surface area (Å²) in [7, 11) is 0. The van der Waals surface area contributed by atoms with Crippen molar-refractivity contribution in [1.82, 2.24) is 9.80 Å². The van der Waals surface area contributed by atoms with Crippen molar-refractivity contribution in [3.05, 3.63) is 33.3 Å². The fraction of sp³-hybridized carbons (Fsp3) is 0.556. The number of nitro groups is 1. The summed E-state index contributed by atoms with van der Waals surface area (Å²) in [6.07, 6.45) is -0.339. The largest absolute Gasteiger partial charge is 0.449 e. The van der Waals surface area contributed by atoms with E-state index in [1.165, 1.54) is 18.2 Å². The van der Waals surface area contributed by atoms with Crippen LogP contribution < -0.4 is 5.32 Å². The molecule has 0 bridgehead atoms. The molecule has 1 heterocycles. The third-order valence-electron chi connectivity index (χ3n) is 4.46. The number of hydrogen-bond acceptors (Lipinski definition) is 6. The third kappa shape index (κ3) is 5.80. The lowest BCUT2D eigenvalue weighted by molar-refractivity contribution is -0.384. The molecule has 1 atom stereocenters. The monoisotopic (exact) mass is 412 g/mol. The van der Waals surface area contributed by atoms with E-state index < -0.39 is 11.0 Å². The van der Waals surface area contributed by atoms with Gasteiger partial charge in [0.25, 0.3) is 5.69 Å². The van der Waals surface area contributed by atoms with Gasteiger partial charge in [0.1, 0.15) is 0 Å². The normalized spacial score (nSPS) is 16.0. The van der Waals surface area contributed by atoms with Gasteiger partial charge in [0.2, 0.25) is 5.91 Å². The Kier molecular flexibility index (Phi) is 7.59. The Bertz CT molecular complexity index is 735. The van der Waals surface area contributed by atoms with Gasteiger partial charge in [-0.15, -0.1) is 0 Å². The van der Waals surface area contributed by atoms with Gasteiger partial charge < -0.3 is 15.0 Å². The van der Waals surface area contributed by atoms with E-state index in [0.29, 0.717) is 32.8 Å². The third-order valence-corrected chi connectivity index (χ3v) is 4.79. The molecule has 0 saturated carbocycles. The van der Waals surface area contributed by atoms with E-state index >= 15 is 0 Å². The molecule has 1 N–H and O–H groups in total. The molecule has 154 valence electrons. The first kappa shape index (κ1) is 21.9. The van der Waals surface area contributed by atoms with E-state index in [-0.39, 0.29) is 34.3 Å². The summed E-state index contributed by atoms with van der Waals surface area (Å²) >= 11 is 6.03. The standard InChI is InChI=1S/C18H25ClN4O5/c1-12(2)11-28-18(25)22-8-6-21(7-9-22)13(3)17(24)20-16-10-14(23(26)27)4-5-15(16)19/h4-5,10,12-13H,6-9,11H2,1-3H3,(H,20,24). The lowest BCUT2D eigenvalue weighted by Gasteiger charge is -2.36. The molecule has 1 fully saturated rings. The van der Waals surface area contributed by atoms with Crippen LogP contribution in [0.15, 0.2) is 18.2 Å². The molecule has 0 spiro atoms. The summed E-state index contributed by atoms with van der Waals surface area (Å²) in [5.41, 5.74) is 0.0458. The minimum Gasteiger partial charge on any atom is -0.449 e. The van der Waals surface area contributed by atoms with Crippen LogP contribution in [0.1, 0.15) is 20.8 Å². The number of hydrogen-bond donors (Lipinski definition) is 1. The van der Waals surface area contributed by atoms with E-state index in [1.807, 2.05) is 18.7 Å². The predicted molar refractivity (Wildman–Crippen MR) is 106 cm³/mol. The first-order valence-electron chi connectivity index (χ1n) is 9.09. The number of anilines is 1. The van der Waals surface area contributed by atoms with Gasteiger partial charge >= 0.3 is 6.09 Å². The average Bonchev–Trinajstić information content (AvgIpc) is 2.67. The highest BCUT2D eigenvalue weighted by Gasteiger charge is 2.28. The van der Waals surface area contributed by atoms with Crippen molar-refractivity contribution in [3.63, 3.8) is 0 Å². The molecule has 0 aromatic heterocycles. The minimum atomic E-state index is -0.549. The number of benzene rings is 1. The maximum atomic E-state index is 12.6. The van der Waals surface area contributed by atoms with Crippen molar-refractivity contribution in [2.24, 2.45) is 5.92 Å². The van der Waals surface area contributed by atoms with Gasteiger partial charge in [0.05, 0.1) is 28.3 Å². The van der Waals surface area contributed by atoms with Gasteiger partial charge in [-0.2, -0.15) is 0 Å². The van der Waals surface area contributed by atoms with Crippen LogP contribution in [0, 0.1) is 16.0 Å². The summed E-state index contributed by atoms with van der Waals surface area (Å²) < 4.78 is 5.23. The number of amides is 2. The zero-order valence-electron chi connectivity index (χ0n) is 16.2. The van der Waals surface area contributed by atoms with Crippen molar-refractivity contribution in [3.8, 4) is 0 Å². The van der Waals surface area contributed by atoms with E-state index in [1.54, 1.807) is 11.8 Å². The Labute approximate surface area is 168 Å². The van der Waals surface area contributed by atoms with Crippen LogP contribution in [0.25, 0.3) is 0 Å². The van der Waals surface area contributed by atoms with Crippen LogP contribution in [0.2, 0.25) is 5.02 Å². The van der Waals surface area contributed by atoms with Crippen molar-refractivity contribution < 1.29 is 19.2 Å². The Hall–Kier alpha value is -2.39. The van der Waals surface area contributed by atoms with E-state index in [4.69, 9.17) is 16.3 Å². The van der Waals surface area contributed by atoms with Crippen LogP contribution in [-0.4, -0.2) is 65.6 Å². The molecule has 1 aromatic rings. The number of carbonyl (C=O) groups is 2. The molecule has 2 amide bonds. The quantitative estimate of drug-likeness (QED) is 0.568. The second-order valence-electron chi connectivity index (χ2n) is 7.08. The molecule has 2 rings (SSSR count). The van der Waals surface area contributed by atoms with E-state index in [2.05, 4.69) is 5.32 Å². The first-order chi connectivity index (χ1) is 13.2. The van der Waals surface area contributed by atoms with Crippen molar-refractivity contribution in [2.75, 3.05) is 38.1 Å². The number of carbonyl (C=O) groups excluding carboxylic acids is 2. The molecule has 28 heavy (non-hydrogen) atoms. The molecule has 1 aliphatic heterocycles. The number of non-ortho nitro benzene ring substituents is 1. The maximum Gasteiger partial charge on any atom is 0.409 e. The molecule has 1 aromatic carbocycles. The summed E-state index contributed by atoms with van der Waals surface area (Å²) in [4.78, 5) is 38.5. The molecule has 10 heteroatoms. The number of nitro benzene ring substituents is 1. The lowest BCUT2D eigenvalue weighted by Crippen LogP contribution is -2.54. The summed E-state index contributed by atoms with van der Waals surface area (Å²) in [6, 6.07) is 3.40. The Morgan fingerprint density at radius 3 is 2.46 bits per heavy atom. The number of ether oxygens (including phenoxy) is 1. The van der Waals surface area contributed by atoms with Gasteiger partial charge in [-0.1, -0.05) is 25.4 Å². The van der Waals surface area contributed by atoms with Crippen molar-refractivity contribution in [2.45, 2.75) is 26.8 Å². The lowest BCUT2D eigenvalue weighted by atomic mass is 10.2. The zero-order chi connectivity index (χ0) is 20.8. The molecule has 1 aliphatic rings. The van der Waals surface area contributed by atoms with Crippen LogP contribution in [0.3, 0.4) is 0 Å². The Morgan fingerprint density at radius 2 is 1.89 bits per heavy atom. The summed E-state index contributed by atoms with van der Waals surface area (Å²) in [5.74, 6) is -0.0483. The van der Waals surface area contributed by atoms with Crippen LogP contribution in [0.4, 0.5) is 16.2 Å². The Balaban J connectivity index is 1.90. The summed E-state index contributed by atoms with van der Waals surface area (Å²) in [5, 5.41) is 13.8. The van der Waals surface area contributed by atoms with Crippen LogP contribution in [-0.2, 0) is 9.53 Å². The average molecular weight is 413 g/mol. The van der Waals surface area contributed by atoms with Crippen molar-refractivity contribution in [1.29, 1.82) is 0 Å². The number of piperazine rings is 1. The minimum absolute atomic E-state index is 0.152. The molecule has 0 radical (unpaired) electrons. The summed E-state index contributed by atoms with van der Waals surface area (Å²) in [6.45, 7) is 8.04. The fourth-order valence-corrected chi connectivity index (χ4v) is 2.91.